The Labute approximate surface area is 366 Å². The predicted octanol–water partition coefficient (Wildman–Crippen LogP) is 3.72. The summed E-state index contributed by atoms with van der Waals surface area (Å²) in [7, 11) is 0. The molecular weight excluding hydrogens is 823 g/mol. The van der Waals surface area contributed by atoms with E-state index in [4.69, 9.17) is 18.9 Å². The van der Waals surface area contributed by atoms with Crippen LogP contribution in [0.4, 0.5) is 8.78 Å². The number of ether oxygens (including phenoxy) is 4. The maximum atomic E-state index is 15.4. The number of carbonyl (C=O) groups is 4. The monoisotopic (exact) mass is 886 g/mol. The fourth-order valence-corrected chi connectivity index (χ4v) is 16.1. The van der Waals surface area contributed by atoms with Gasteiger partial charge in [0.2, 0.25) is 0 Å². The van der Waals surface area contributed by atoms with Crippen molar-refractivity contribution in [2.24, 2.45) is 57.2 Å². The molecule has 348 valence electrons. The van der Waals surface area contributed by atoms with Crippen LogP contribution in [0.2, 0.25) is 0 Å². The summed E-state index contributed by atoms with van der Waals surface area (Å²) in [4.78, 5) is 50.2. The largest absolute Gasteiger partial charge is 0.412 e. The van der Waals surface area contributed by atoms with Crippen molar-refractivity contribution in [2.75, 3.05) is 13.2 Å². The van der Waals surface area contributed by atoms with Gasteiger partial charge in [0.1, 0.15) is 25.6 Å². The minimum atomic E-state index is -1.37. The summed E-state index contributed by atoms with van der Waals surface area (Å²) in [6.45, 7) is 13.3. The van der Waals surface area contributed by atoms with Crippen LogP contribution in [0.15, 0.2) is 47.6 Å². The van der Waals surface area contributed by atoms with Crippen LogP contribution in [0, 0.1) is 57.2 Å². The molecule has 0 radical (unpaired) electrons. The standard InChI is InChI=1S/2C24H31FO6.H2O/c2*1-21(2)30-19-9-14-13-8-16(25)15-7-12(27)5-6-22(15,3)20(13)17(28)10-23(14,4)24(19,31-21)18(29)11-26;/h2*5-7,13-14,16-17,19-20,26,28H,8-11H2,1-4H3;1H2/t2*13-,14-,16-,17-,19+,20+,22-,23-,24+;/m00./s1. The Kier molecular flexibility index (Phi) is 10.8. The molecule has 0 unspecified atom stereocenters. The third-order valence-corrected chi connectivity index (χ3v) is 18.1. The number of rotatable bonds is 4. The first-order valence-electron chi connectivity index (χ1n) is 22.4. The number of allylic oxidation sites excluding steroid dienone is 8. The molecule has 6 saturated carbocycles. The minimum Gasteiger partial charge on any atom is -0.412 e. The third-order valence-electron chi connectivity index (χ3n) is 18.1. The van der Waals surface area contributed by atoms with Crippen molar-refractivity contribution < 1.29 is 72.8 Å². The molecular formula is C48H64F2O13. The second kappa shape index (κ2) is 14.6. The van der Waals surface area contributed by atoms with Crippen molar-refractivity contribution in [2.45, 2.75) is 153 Å². The summed E-state index contributed by atoms with van der Waals surface area (Å²) in [6, 6.07) is 0. The average molecular weight is 887 g/mol. The SMILES string of the molecule is CC1(C)O[C@@H]2C[C@H]3[C@@H]4C[C@H](F)C5=CC(=O)C=C[C@]5(C)[C@H]4[C@@H](O)C[C@]3(C)[C@]2(C(=O)CO)O1.CC1(C)O[C@@H]2C[C@H]3[C@@H]4C[C@H](F)C5=CC(=O)C=C[C@]5(C)[C@H]4[C@@H](O)C[C@]3(C)[C@]2(C(=O)CO)O1.O. The fraction of sp³-hybridized carbons (Fsp3) is 0.750. The molecule has 13 nitrogen and oxygen atoms in total. The summed E-state index contributed by atoms with van der Waals surface area (Å²) in [5.41, 5.74) is -5.00. The number of alkyl halides is 2. The quantitative estimate of drug-likeness (QED) is 0.318. The third kappa shape index (κ3) is 6.02. The number of hydrogen-bond donors (Lipinski definition) is 4. The molecule has 2 saturated heterocycles. The van der Waals surface area contributed by atoms with Gasteiger partial charge in [-0.3, -0.25) is 19.2 Å². The Morgan fingerprint density at radius 3 is 1.32 bits per heavy atom. The fourth-order valence-electron chi connectivity index (χ4n) is 16.1. The van der Waals surface area contributed by atoms with Crippen molar-refractivity contribution in [3.05, 3.63) is 47.6 Å². The van der Waals surface area contributed by atoms with Crippen LogP contribution in [-0.4, -0.2) is 122 Å². The van der Waals surface area contributed by atoms with E-state index in [-0.39, 0.29) is 78.2 Å². The lowest BCUT2D eigenvalue weighted by Gasteiger charge is -2.60. The topological polar surface area (TPSA) is 218 Å². The number of Topliss-reactive ketones (excluding diaryl/α,β-unsaturated/α-hetero) is 2. The maximum absolute atomic E-state index is 15.4. The Bertz CT molecular complexity index is 1970. The molecule has 10 rings (SSSR count). The molecule has 8 aliphatic carbocycles. The highest BCUT2D eigenvalue weighted by Gasteiger charge is 2.79. The van der Waals surface area contributed by atoms with E-state index in [1.165, 1.54) is 24.3 Å². The zero-order chi connectivity index (χ0) is 45.1. The molecule has 0 aromatic carbocycles. The summed E-state index contributed by atoms with van der Waals surface area (Å²) in [5, 5.41) is 42.5. The van der Waals surface area contributed by atoms with E-state index in [1.54, 1.807) is 39.8 Å². The Morgan fingerprint density at radius 2 is 0.984 bits per heavy atom. The zero-order valence-electron chi connectivity index (χ0n) is 37.4. The first kappa shape index (κ1) is 46.7. The van der Waals surface area contributed by atoms with Gasteiger partial charge >= 0.3 is 0 Å². The second-order valence-electron chi connectivity index (χ2n) is 21.9. The maximum Gasteiger partial charge on any atom is 0.193 e. The molecule has 10 aliphatic rings. The van der Waals surface area contributed by atoms with E-state index in [1.807, 2.05) is 27.7 Å². The van der Waals surface area contributed by atoms with Gasteiger partial charge in [-0.1, -0.05) is 39.8 Å². The Morgan fingerprint density at radius 1 is 0.635 bits per heavy atom. The van der Waals surface area contributed by atoms with E-state index >= 15 is 8.78 Å². The number of halogens is 2. The number of ketones is 4. The summed E-state index contributed by atoms with van der Waals surface area (Å²) in [5.74, 6) is -4.55. The van der Waals surface area contributed by atoms with Crippen molar-refractivity contribution in [1.82, 2.24) is 0 Å². The molecule has 0 spiro atoms. The lowest BCUT2D eigenvalue weighted by Crippen LogP contribution is -2.64. The Hall–Kier alpha value is -2.86. The van der Waals surface area contributed by atoms with Crippen LogP contribution in [0.1, 0.15) is 93.9 Å². The van der Waals surface area contributed by atoms with Gasteiger partial charge in [0.25, 0.3) is 0 Å². The van der Waals surface area contributed by atoms with Crippen molar-refractivity contribution in [1.29, 1.82) is 0 Å². The first-order valence-corrected chi connectivity index (χ1v) is 22.4. The van der Waals surface area contributed by atoms with Gasteiger partial charge in [-0.2, -0.15) is 0 Å². The molecule has 2 aliphatic heterocycles. The van der Waals surface area contributed by atoms with Crippen LogP contribution in [-0.2, 0) is 38.1 Å². The molecule has 0 bridgehead atoms. The van der Waals surface area contributed by atoms with Gasteiger partial charge in [-0.05, 0) is 125 Å². The van der Waals surface area contributed by atoms with Crippen LogP contribution in [0.25, 0.3) is 0 Å². The van der Waals surface area contributed by atoms with Crippen molar-refractivity contribution in [3.63, 3.8) is 0 Å². The molecule has 18 atom stereocenters. The minimum absolute atomic E-state index is 0. The van der Waals surface area contributed by atoms with Gasteiger partial charge in [0.15, 0.2) is 45.9 Å². The molecule has 2 heterocycles. The normalized spacial score (nSPS) is 51.3. The lowest BCUT2D eigenvalue weighted by atomic mass is 9.46. The molecule has 0 aromatic rings. The highest BCUT2D eigenvalue weighted by atomic mass is 19.1. The molecule has 63 heavy (non-hydrogen) atoms. The van der Waals surface area contributed by atoms with Crippen LogP contribution in [0.3, 0.4) is 0 Å². The number of aliphatic hydroxyl groups excluding tert-OH is 4. The van der Waals surface area contributed by atoms with Crippen LogP contribution >= 0.6 is 0 Å². The first-order chi connectivity index (χ1) is 28.8. The smallest absolute Gasteiger partial charge is 0.193 e. The second-order valence-corrected chi connectivity index (χ2v) is 21.9. The number of hydrogen-bond acceptors (Lipinski definition) is 12. The van der Waals surface area contributed by atoms with Gasteiger partial charge in [0, 0.05) is 33.5 Å². The molecule has 8 fully saturated rings. The predicted molar refractivity (Wildman–Crippen MR) is 221 cm³/mol. The highest BCUT2D eigenvalue weighted by molar-refractivity contribution is 6.02. The number of fused-ring (bicyclic) bond motifs is 14. The summed E-state index contributed by atoms with van der Waals surface area (Å²) < 4.78 is 55.7. The van der Waals surface area contributed by atoms with Gasteiger partial charge < -0.3 is 44.8 Å². The van der Waals surface area contributed by atoms with Crippen LogP contribution < -0.4 is 0 Å². The van der Waals surface area contributed by atoms with Crippen molar-refractivity contribution in [3.8, 4) is 0 Å². The summed E-state index contributed by atoms with van der Waals surface area (Å²) in [6.07, 6.45) is 5.79. The zero-order valence-corrected chi connectivity index (χ0v) is 37.4. The van der Waals surface area contributed by atoms with E-state index < -0.39 is 106 Å². The molecule has 6 N–H and O–H groups in total. The lowest BCUT2D eigenvalue weighted by molar-refractivity contribution is -0.226. The molecule has 15 heteroatoms. The van der Waals surface area contributed by atoms with E-state index in [2.05, 4.69) is 0 Å². The van der Waals surface area contributed by atoms with Gasteiger partial charge in [-0.25, -0.2) is 8.78 Å². The molecule has 0 aromatic heterocycles. The van der Waals surface area contributed by atoms with Crippen molar-refractivity contribution >= 4 is 23.1 Å². The highest BCUT2D eigenvalue weighted by Crippen LogP contribution is 2.72. The average Bonchev–Trinajstić information content (AvgIpc) is 3.80. The number of aliphatic hydroxyl groups is 4. The summed E-state index contributed by atoms with van der Waals surface area (Å²) >= 11 is 0. The van der Waals surface area contributed by atoms with Gasteiger partial charge in [0.05, 0.1) is 24.4 Å². The number of carbonyl (C=O) groups excluding carboxylic acids is 4. The Balaban J connectivity index is 0.000000170. The van der Waals surface area contributed by atoms with Crippen LogP contribution in [0.5, 0.6) is 0 Å². The molecule has 0 amide bonds. The van der Waals surface area contributed by atoms with E-state index in [0.717, 1.165) is 0 Å². The van der Waals surface area contributed by atoms with E-state index in [9.17, 15) is 39.6 Å². The van der Waals surface area contributed by atoms with Gasteiger partial charge in [-0.15, -0.1) is 0 Å². The van der Waals surface area contributed by atoms with E-state index in [0.29, 0.717) is 24.0 Å².